The minimum atomic E-state index is -0.123. The molecule has 1 aliphatic carbocycles. The molecule has 0 saturated heterocycles. The van der Waals surface area contributed by atoms with Crippen molar-refractivity contribution in [3.05, 3.63) is 57.7 Å². The number of nitrogens with zero attached hydrogens (tertiary/aromatic N) is 2. The second-order valence-electron chi connectivity index (χ2n) is 7.70. The standard InChI is InChI=1S/C23H22ClN3O2S/c24-16-5-4-6-17(12-16)25-23-27(18-7-2-1-3-8-18)20(14-30-23)15-9-10-21-19(11-15)26-22(28)13-29-21/h4-6,9-12,14,18H,1-3,7-8,13H2,(H,26,28). The zero-order valence-corrected chi connectivity index (χ0v) is 18.0. The number of hydrogen-bond donors (Lipinski definition) is 1. The number of anilines is 1. The van der Waals surface area contributed by atoms with Crippen LogP contribution >= 0.6 is 22.9 Å². The maximum atomic E-state index is 11.8. The summed E-state index contributed by atoms with van der Waals surface area (Å²) >= 11 is 7.81. The van der Waals surface area contributed by atoms with E-state index in [1.54, 1.807) is 11.3 Å². The van der Waals surface area contributed by atoms with Crippen molar-refractivity contribution in [1.29, 1.82) is 0 Å². The zero-order chi connectivity index (χ0) is 20.5. The zero-order valence-electron chi connectivity index (χ0n) is 16.4. The van der Waals surface area contributed by atoms with Crippen molar-refractivity contribution in [2.24, 2.45) is 4.99 Å². The predicted molar refractivity (Wildman–Crippen MR) is 121 cm³/mol. The summed E-state index contributed by atoms with van der Waals surface area (Å²) in [4.78, 5) is 17.7. The highest BCUT2D eigenvalue weighted by molar-refractivity contribution is 7.07. The van der Waals surface area contributed by atoms with E-state index >= 15 is 0 Å². The van der Waals surface area contributed by atoms with Crippen LogP contribution in [0, 0.1) is 0 Å². The fourth-order valence-corrected chi connectivity index (χ4v) is 5.37. The lowest BCUT2D eigenvalue weighted by atomic mass is 9.95. The monoisotopic (exact) mass is 439 g/mol. The molecule has 30 heavy (non-hydrogen) atoms. The maximum Gasteiger partial charge on any atom is 0.262 e. The summed E-state index contributed by atoms with van der Waals surface area (Å²) in [6.07, 6.45) is 6.06. The van der Waals surface area contributed by atoms with Crippen LogP contribution in [0.25, 0.3) is 11.3 Å². The smallest absolute Gasteiger partial charge is 0.262 e. The van der Waals surface area contributed by atoms with Gasteiger partial charge in [0.2, 0.25) is 0 Å². The number of aromatic nitrogens is 1. The SMILES string of the molecule is O=C1COc2ccc(-c3csc(=Nc4cccc(Cl)c4)n3C3CCCCC3)cc2N1. The number of benzene rings is 2. The lowest BCUT2D eigenvalue weighted by Crippen LogP contribution is -2.25. The highest BCUT2D eigenvalue weighted by Crippen LogP contribution is 2.36. The molecule has 7 heteroatoms. The Hall–Kier alpha value is -2.57. The molecule has 1 amide bonds. The molecule has 5 rings (SSSR count). The van der Waals surface area contributed by atoms with Crippen molar-refractivity contribution in [3.63, 3.8) is 0 Å². The third-order valence-electron chi connectivity index (χ3n) is 5.62. The molecule has 2 aromatic carbocycles. The van der Waals surface area contributed by atoms with Crippen LogP contribution in [0.4, 0.5) is 11.4 Å². The Kier molecular flexibility index (Phi) is 5.35. The second kappa shape index (κ2) is 8.28. The van der Waals surface area contributed by atoms with E-state index < -0.39 is 0 Å². The summed E-state index contributed by atoms with van der Waals surface area (Å²) in [6.45, 7) is 0.0650. The highest BCUT2D eigenvalue weighted by Gasteiger charge is 2.22. The van der Waals surface area contributed by atoms with Crippen LogP contribution in [-0.4, -0.2) is 17.1 Å². The Morgan fingerprint density at radius 2 is 2.00 bits per heavy atom. The first kappa shape index (κ1) is 19.4. The molecule has 5 nitrogen and oxygen atoms in total. The van der Waals surface area contributed by atoms with Gasteiger partial charge in [0.25, 0.3) is 5.91 Å². The van der Waals surface area contributed by atoms with E-state index in [2.05, 4.69) is 21.3 Å². The Morgan fingerprint density at radius 1 is 1.13 bits per heavy atom. The Morgan fingerprint density at radius 3 is 2.83 bits per heavy atom. The number of rotatable bonds is 3. The van der Waals surface area contributed by atoms with E-state index in [0.717, 1.165) is 40.3 Å². The van der Waals surface area contributed by atoms with Crippen LogP contribution in [0.3, 0.4) is 0 Å². The van der Waals surface area contributed by atoms with E-state index in [-0.39, 0.29) is 12.5 Å². The normalized spacial score (nSPS) is 17.4. The average Bonchev–Trinajstić information content (AvgIpc) is 3.17. The molecule has 1 N–H and O–H groups in total. The predicted octanol–water partition coefficient (Wildman–Crippen LogP) is 5.94. The van der Waals surface area contributed by atoms with Crippen LogP contribution in [0.2, 0.25) is 5.02 Å². The lowest BCUT2D eigenvalue weighted by Gasteiger charge is -2.26. The molecule has 0 unspecified atom stereocenters. The summed E-state index contributed by atoms with van der Waals surface area (Å²) in [7, 11) is 0. The van der Waals surface area contributed by atoms with Gasteiger partial charge >= 0.3 is 0 Å². The van der Waals surface area contributed by atoms with Crippen LogP contribution < -0.4 is 14.9 Å². The van der Waals surface area contributed by atoms with Crippen molar-refractivity contribution in [2.45, 2.75) is 38.1 Å². The third-order valence-corrected chi connectivity index (χ3v) is 6.70. The topological polar surface area (TPSA) is 55.6 Å². The minimum absolute atomic E-state index is 0.0650. The lowest BCUT2D eigenvalue weighted by molar-refractivity contribution is -0.118. The van der Waals surface area contributed by atoms with E-state index in [0.29, 0.717) is 16.8 Å². The summed E-state index contributed by atoms with van der Waals surface area (Å²) in [5, 5.41) is 5.75. The summed E-state index contributed by atoms with van der Waals surface area (Å²) < 4.78 is 7.89. The number of fused-ring (bicyclic) bond motifs is 1. The van der Waals surface area contributed by atoms with Crippen LogP contribution in [0.15, 0.2) is 52.8 Å². The van der Waals surface area contributed by atoms with Crippen molar-refractivity contribution in [1.82, 2.24) is 4.57 Å². The third kappa shape index (κ3) is 3.89. The van der Waals surface area contributed by atoms with Gasteiger partial charge in [-0.05, 0) is 49.2 Å². The largest absolute Gasteiger partial charge is 0.482 e. The number of thiazole rings is 1. The molecule has 0 radical (unpaired) electrons. The van der Waals surface area contributed by atoms with Gasteiger partial charge in [-0.3, -0.25) is 4.79 Å². The molecule has 0 spiro atoms. The van der Waals surface area contributed by atoms with Gasteiger partial charge in [0.05, 0.1) is 17.1 Å². The molecule has 0 atom stereocenters. The van der Waals surface area contributed by atoms with Gasteiger partial charge in [0, 0.05) is 22.0 Å². The molecule has 2 aliphatic rings. The first-order valence-corrected chi connectivity index (χ1v) is 11.5. The van der Waals surface area contributed by atoms with Crippen molar-refractivity contribution in [3.8, 4) is 17.0 Å². The number of ether oxygens (including phenoxy) is 1. The molecule has 1 aromatic heterocycles. The fourth-order valence-electron chi connectivity index (χ4n) is 4.20. The molecule has 2 heterocycles. The molecular formula is C23H22ClN3O2S. The fraction of sp³-hybridized carbons (Fsp3) is 0.304. The molecule has 154 valence electrons. The minimum Gasteiger partial charge on any atom is -0.482 e. The Balaban J connectivity index is 1.63. The summed E-state index contributed by atoms with van der Waals surface area (Å²) in [6, 6.07) is 14.0. The number of nitrogens with one attached hydrogen (secondary N) is 1. The van der Waals surface area contributed by atoms with Crippen LogP contribution in [0.1, 0.15) is 38.1 Å². The van der Waals surface area contributed by atoms with Gasteiger partial charge in [-0.25, -0.2) is 4.99 Å². The molecule has 1 fully saturated rings. The van der Waals surface area contributed by atoms with E-state index in [1.807, 2.05) is 36.4 Å². The highest BCUT2D eigenvalue weighted by atomic mass is 35.5. The van der Waals surface area contributed by atoms with Crippen LogP contribution in [-0.2, 0) is 4.79 Å². The summed E-state index contributed by atoms with van der Waals surface area (Å²) in [5.41, 5.74) is 3.74. The average molecular weight is 440 g/mol. The Bertz CT molecular complexity index is 1160. The Labute approximate surface area is 184 Å². The summed E-state index contributed by atoms with van der Waals surface area (Å²) in [5.74, 6) is 0.586. The second-order valence-corrected chi connectivity index (χ2v) is 8.98. The first-order chi connectivity index (χ1) is 14.7. The number of carbonyl (C=O) groups excluding carboxylic acids is 1. The van der Waals surface area contributed by atoms with Gasteiger partial charge < -0.3 is 14.6 Å². The first-order valence-electron chi connectivity index (χ1n) is 10.2. The van der Waals surface area contributed by atoms with Gasteiger partial charge in [0.15, 0.2) is 11.4 Å². The molecule has 0 bridgehead atoms. The van der Waals surface area contributed by atoms with Crippen molar-refractivity contribution < 1.29 is 9.53 Å². The van der Waals surface area contributed by atoms with Gasteiger partial charge in [-0.15, -0.1) is 11.3 Å². The quantitative estimate of drug-likeness (QED) is 0.549. The van der Waals surface area contributed by atoms with Crippen LogP contribution in [0.5, 0.6) is 5.75 Å². The molecule has 1 aliphatic heterocycles. The number of carbonyl (C=O) groups is 1. The maximum absolute atomic E-state index is 11.8. The molecular weight excluding hydrogens is 418 g/mol. The number of hydrogen-bond acceptors (Lipinski definition) is 4. The van der Waals surface area contributed by atoms with E-state index in [4.69, 9.17) is 21.3 Å². The molecule has 1 saturated carbocycles. The van der Waals surface area contributed by atoms with E-state index in [9.17, 15) is 4.79 Å². The molecule has 3 aromatic rings. The van der Waals surface area contributed by atoms with Gasteiger partial charge in [-0.2, -0.15) is 0 Å². The van der Waals surface area contributed by atoms with E-state index in [1.165, 1.54) is 19.3 Å². The van der Waals surface area contributed by atoms with Gasteiger partial charge in [0.1, 0.15) is 5.75 Å². The number of amides is 1. The van der Waals surface area contributed by atoms with Crippen molar-refractivity contribution in [2.75, 3.05) is 11.9 Å². The van der Waals surface area contributed by atoms with Crippen molar-refractivity contribution >= 4 is 40.2 Å². The number of halogens is 1. The van der Waals surface area contributed by atoms with Gasteiger partial charge in [-0.1, -0.05) is 36.9 Å².